The lowest BCUT2D eigenvalue weighted by molar-refractivity contribution is 0.494. The first kappa shape index (κ1) is 9.34. The van der Waals surface area contributed by atoms with Crippen LogP contribution in [0, 0.1) is 17.7 Å². The van der Waals surface area contributed by atoms with Crippen molar-refractivity contribution in [2.45, 2.75) is 18.8 Å². The molecule has 1 heterocycles. The number of halogens is 1. The van der Waals surface area contributed by atoms with Gasteiger partial charge in [-0.05, 0) is 55.3 Å². The second-order valence-corrected chi connectivity index (χ2v) is 4.87. The molecule has 1 N–H and O–H groups in total. The first-order chi connectivity index (χ1) is 7.34. The van der Waals surface area contributed by atoms with E-state index < -0.39 is 0 Å². The van der Waals surface area contributed by atoms with Crippen LogP contribution in [0.1, 0.15) is 24.3 Å². The van der Waals surface area contributed by atoms with Gasteiger partial charge in [-0.3, -0.25) is 0 Å². The van der Waals surface area contributed by atoms with Crippen molar-refractivity contribution < 1.29 is 4.39 Å². The summed E-state index contributed by atoms with van der Waals surface area (Å²) in [5, 5.41) is 3.42. The maximum atomic E-state index is 13.6. The fourth-order valence-electron chi connectivity index (χ4n) is 3.23. The second kappa shape index (κ2) is 3.60. The first-order valence-electron chi connectivity index (χ1n) is 5.79. The van der Waals surface area contributed by atoms with Crippen LogP contribution in [0.4, 0.5) is 4.39 Å². The maximum absolute atomic E-state index is 13.6. The van der Waals surface area contributed by atoms with Gasteiger partial charge in [-0.2, -0.15) is 0 Å². The molecule has 2 fully saturated rings. The number of hydrogen-bond acceptors (Lipinski definition) is 1. The van der Waals surface area contributed by atoms with Gasteiger partial charge >= 0.3 is 0 Å². The van der Waals surface area contributed by atoms with E-state index in [4.69, 9.17) is 0 Å². The van der Waals surface area contributed by atoms with Crippen LogP contribution in [0.5, 0.6) is 0 Å². The molecular weight excluding hydrogens is 189 g/mol. The van der Waals surface area contributed by atoms with Crippen molar-refractivity contribution in [2.24, 2.45) is 11.8 Å². The van der Waals surface area contributed by atoms with E-state index in [9.17, 15) is 4.39 Å². The minimum absolute atomic E-state index is 0.0181. The van der Waals surface area contributed by atoms with Gasteiger partial charge in [0, 0.05) is 0 Å². The Balaban J connectivity index is 1.82. The molecule has 1 saturated heterocycles. The lowest BCUT2D eigenvalue weighted by Crippen LogP contribution is -2.11. The summed E-state index contributed by atoms with van der Waals surface area (Å²) in [5.74, 6) is 2.02. The quantitative estimate of drug-likeness (QED) is 0.743. The lowest BCUT2D eigenvalue weighted by atomic mass is 9.95. The predicted molar refractivity (Wildman–Crippen MR) is 58.2 cm³/mol. The van der Waals surface area contributed by atoms with Gasteiger partial charge in [-0.25, -0.2) is 4.39 Å². The molecule has 80 valence electrons. The summed E-state index contributed by atoms with van der Waals surface area (Å²) >= 11 is 0. The number of fused-ring (bicyclic) bond motifs is 1. The minimum atomic E-state index is -0.0181. The number of nitrogens with one attached hydrogen (secondary N) is 1. The minimum Gasteiger partial charge on any atom is -0.316 e. The molecule has 3 atom stereocenters. The summed E-state index contributed by atoms with van der Waals surface area (Å²) in [5.41, 5.74) is 0.937. The van der Waals surface area contributed by atoms with Crippen molar-refractivity contribution in [1.29, 1.82) is 0 Å². The van der Waals surface area contributed by atoms with Crippen LogP contribution in [0.2, 0.25) is 0 Å². The van der Waals surface area contributed by atoms with Gasteiger partial charge in [0.2, 0.25) is 0 Å². The van der Waals surface area contributed by atoms with Crippen LogP contribution in [0.15, 0.2) is 24.3 Å². The largest absolute Gasteiger partial charge is 0.316 e. The second-order valence-electron chi connectivity index (χ2n) is 4.87. The zero-order valence-corrected chi connectivity index (χ0v) is 8.75. The Labute approximate surface area is 89.7 Å². The maximum Gasteiger partial charge on any atom is 0.126 e. The van der Waals surface area contributed by atoms with E-state index in [1.807, 2.05) is 12.1 Å². The molecule has 0 bridgehead atoms. The van der Waals surface area contributed by atoms with Gasteiger partial charge in [-0.15, -0.1) is 0 Å². The van der Waals surface area contributed by atoms with Crippen molar-refractivity contribution in [3.63, 3.8) is 0 Å². The predicted octanol–water partition coefficient (Wildman–Crippen LogP) is 2.54. The molecule has 1 aromatic rings. The highest BCUT2D eigenvalue weighted by molar-refractivity contribution is 5.23. The van der Waals surface area contributed by atoms with Crippen LogP contribution >= 0.6 is 0 Å². The highest BCUT2D eigenvalue weighted by Crippen LogP contribution is 2.44. The van der Waals surface area contributed by atoms with E-state index in [2.05, 4.69) is 5.32 Å². The summed E-state index contributed by atoms with van der Waals surface area (Å²) < 4.78 is 13.6. The number of benzene rings is 1. The Bertz CT molecular complexity index is 351. The van der Waals surface area contributed by atoms with Gasteiger partial charge in [0.1, 0.15) is 5.82 Å². The molecule has 0 amide bonds. The molecule has 2 heteroatoms. The van der Waals surface area contributed by atoms with Crippen molar-refractivity contribution >= 4 is 0 Å². The van der Waals surface area contributed by atoms with E-state index in [0.717, 1.165) is 30.5 Å². The fraction of sp³-hybridized carbons (Fsp3) is 0.538. The van der Waals surface area contributed by atoms with Crippen LogP contribution < -0.4 is 5.32 Å². The molecule has 1 aromatic carbocycles. The lowest BCUT2D eigenvalue weighted by Gasteiger charge is -2.12. The first-order valence-corrected chi connectivity index (χ1v) is 5.79. The van der Waals surface area contributed by atoms with Gasteiger partial charge in [0.25, 0.3) is 0 Å². The summed E-state index contributed by atoms with van der Waals surface area (Å²) in [7, 11) is 0. The van der Waals surface area contributed by atoms with Gasteiger partial charge in [0.15, 0.2) is 0 Å². The Morgan fingerprint density at radius 1 is 1.07 bits per heavy atom. The van der Waals surface area contributed by atoms with E-state index in [1.165, 1.54) is 12.8 Å². The Kier molecular flexibility index (Phi) is 2.24. The van der Waals surface area contributed by atoms with Crippen LogP contribution in [0.25, 0.3) is 0 Å². The smallest absolute Gasteiger partial charge is 0.126 e. The van der Waals surface area contributed by atoms with Gasteiger partial charge < -0.3 is 5.32 Å². The molecule has 1 aliphatic heterocycles. The molecule has 1 unspecified atom stereocenters. The normalized spacial score (nSPS) is 34.3. The molecular formula is C13H16FN. The van der Waals surface area contributed by atoms with E-state index in [1.54, 1.807) is 12.1 Å². The highest BCUT2D eigenvalue weighted by atomic mass is 19.1. The number of rotatable bonds is 1. The van der Waals surface area contributed by atoms with Crippen molar-refractivity contribution in [1.82, 2.24) is 5.32 Å². The third-order valence-corrected chi connectivity index (χ3v) is 4.00. The summed E-state index contributed by atoms with van der Waals surface area (Å²) in [6.07, 6.45) is 2.33. The van der Waals surface area contributed by atoms with Crippen LogP contribution in [-0.4, -0.2) is 13.1 Å². The molecule has 0 spiro atoms. The summed E-state index contributed by atoms with van der Waals surface area (Å²) in [6, 6.07) is 7.26. The molecule has 1 nitrogen and oxygen atoms in total. The van der Waals surface area contributed by atoms with E-state index >= 15 is 0 Å². The average molecular weight is 205 g/mol. The molecule has 1 aliphatic carbocycles. The van der Waals surface area contributed by atoms with Gasteiger partial charge in [0.05, 0.1) is 0 Å². The van der Waals surface area contributed by atoms with E-state index in [-0.39, 0.29) is 5.82 Å². The Morgan fingerprint density at radius 2 is 1.73 bits per heavy atom. The molecule has 0 radical (unpaired) electrons. The van der Waals surface area contributed by atoms with Gasteiger partial charge in [-0.1, -0.05) is 18.2 Å². The summed E-state index contributed by atoms with van der Waals surface area (Å²) in [6.45, 7) is 2.27. The van der Waals surface area contributed by atoms with Crippen LogP contribution in [0.3, 0.4) is 0 Å². The molecule has 1 saturated carbocycles. The topological polar surface area (TPSA) is 12.0 Å². The Morgan fingerprint density at radius 3 is 2.40 bits per heavy atom. The molecule has 3 rings (SSSR count). The zero-order valence-electron chi connectivity index (χ0n) is 8.75. The SMILES string of the molecule is Fc1ccccc1C1C[C@H]2CNC[C@H]2C1. The van der Waals surface area contributed by atoms with Crippen molar-refractivity contribution in [3.05, 3.63) is 35.6 Å². The zero-order chi connectivity index (χ0) is 10.3. The van der Waals surface area contributed by atoms with Crippen molar-refractivity contribution in [2.75, 3.05) is 13.1 Å². The molecule has 15 heavy (non-hydrogen) atoms. The fourth-order valence-corrected chi connectivity index (χ4v) is 3.23. The van der Waals surface area contributed by atoms with Crippen molar-refractivity contribution in [3.8, 4) is 0 Å². The molecule has 0 aromatic heterocycles. The molecule has 2 aliphatic rings. The standard InChI is InChI=1S/C13H16FN/c14-13-4-2-1-3-12(13)9-5-10-7-15-8-11(10)6-9/h1-4,9-11,15H,5-8H2/t9?,10-,11+. The monoisotopic (exact) mass is 205 g/mol. The number of hydrogen-bond donors (Lipinski definition) is 1. The highest BCUT2D eigenvalue weighted by Gasteiger charge is 2.38. The Hall–Kier alpha value is -0.890. The average Bonchev–Trinajstić information content (AvgIpc) is 2.77. The summed E-state index contributed by atoms with van der Waals surface area (Å²) in [4.78, 5) is 0. The van der Waals surface area contributed by atoms with Crippen LogP contribution in [-0.2, 0) is 0 Å². The van der Waals surface area contributed by atoms with E-state index in [0.29, 0.717) is 5.92 Å². The third-order valence-electron chi connectivity index (χ3n) is 4.00. The third kappa shape index (κ3) is 1.57.